The van der Waals surface area contributed by atoms with Crippen LogP contribution in [0.2, 0.25) is 0 Å². The third-order valence-corrected chi connectivity index (χ3v) is 5.88. The van der Waals surface area contributed by atoms with Crippen molar-refractivity contribution in [3.8, 4) is 0 Å². The molecule has 2 aliphatic rings. The fourth-order valence-corrected chi connectivity index (χ4v) is 4.19. The van der Waals surface area contributed by atoms with Gasteiger partial charge in [-0.2, -0.15) is 0 Å². The van der Waals surface area contributed by atoms with Crippen LogP contribution in [0, 0.1) is 0 Å². The van der Waals surface area contributed by atoms with Crippen molar-refractivity contribution in [1.82, 2.24) is 4.90 Å². The second kappa shape index (κ2) is 12.8. The van der Waals surface area contributed by atoms with E-state index in [1.807, 2.05) is 18.2 Å². The van der Waals surface area contributed by atoms with Crippen LogP contribution in [0.4, 0.5) is 0 Å². The summed E-state index contributed by atoms with van der Waals surface area (Å²) < 4.78 is 16.5. The largest absolute Gasteiger partial charge is 0.379 e. The molecule has 1 heterocycles. The first-order valence-electron chi connectivity index (χ1n) is 11.5. The first-order chi connectivity index (χ1) is 15.6. The van der Waals surface area contributed by atoms with Crippen LogP contribution in [0.5, 0.6) is 0 Å². The number of fused-ring (bicyclic) bond motifs is 1. The highest BCUT2D eigenvalue weighted by atomic mass is 16.5. The average molecular weight is 447 g/mol. The zero-order chi connectivity index (χ0) is 22.8. The molecule has 0 bridgehead atoms. The second-order valence-corrected chi connectivity index (χ2v) is 8.20. The van der Waals surface area contributed by atoms with Crippen LogP contribution in [0.15, 0.2) is 18.2 Å². The topological polar surface area (TPSA) is 108 Å². The lowest BCUT2D eigenvalue weighted by molar-refractivity contribution is -0.133. The normalized spacial score (nSPS) is 18.5. The molecule has 1 unspecified atom stereocenters. The van der Waals surface area contributed by atoms with E-state index in [1.54, 1.807) is 4.90 Å². The molecule has 8 heteroatoms. The maximum absolute atomic E-state index is 12.9. The first kappa shape index (κ1) is 24.5. The van der Waals surface area contributed by atoms with Crippen LogP contribution < -0.4 is 5.73 Å². The monoisotopic (exact) mass is 446 g/mol. The van der Waals surface area contributed by atoms with Gasteiger partial charge in [-0.15, -0.1) is 0 Å². The number of ketones is 2. The number of rotatable bonds is 14. The fraction of sp³-hybridized carbons (Fsp3) is 0.625. The van der Waals surface area contributed by atoms with Crippen molar-refractivity contribution in [2.45, 2.75) is 51.1 Å². The number of amides is 1. The minimum absolute atomic E-state index is 0.0302. The summed E-state index contributed by atoms with van der Waals surface area (Å²) in [6.07, 6.45) is 3.24. The zero-order valence-corrected chi connectivity index (χ0v) is 18.7. The Bertz CT molecular complexity index is 797. The predicted octanol–water partition coefficient (Wildman–Crippen LogP) is 1.66. The number of carbonyl (C=O) groups excluding carboxylic acids is 3. The SMILES string of the molecule is NCCCOCCOCCOCCCc1cccc2c1CN(C1CCC(=O)CC1=O)C2=O. The molecule has 1 atom stereocenters. The molecule has 0 saturated heterocycles. The molecular weight excluding hydrogens is 412 g/mol. The van der Waals surface area contributed by atoms with Crippen LogP contribution in [0.25, 0.3) is 0 Å². The lowest BCUT2D eigenvalue weighted by Gasteiger charge is -2.29. The molecule has 0 spiro atoms. The average Bonchev–Trinajstić information content (AvgIpc) is 3.11. The van der Waals surface area contributed by atoms with Gasteiger partial charge in [0.25, 0.3) is 5.91 Å². The van der Waals surface area contributed by atoms with Crippen molar-refractivity contribution >= 4 is 17.5 Å². The van der Waals surface area contributed by atoms with Gasteiger partial charge < -0.3 is 24.8 Å². The minimum Gasteiger partial charge on any atom is -0.379 e. The summed E-state index contributed by atoms with van der Waals surface area (Å²) in [5.41, 5.74) is 8.19. The van der Waals surface area contributed by atoms with E-state index in [9.17, 15) is 14.4 Å². The van der Waals surface area contributed by atoms with Gasteiger partial charge in [0.05, 0.1) is 38.9 Å². The van der Waals surface area contributed by atoms with Crippen LogP contribution in [0.3, 0.4) is 0 Å². The Morgan fingerprint density at radius 1 is 0.938 bits per heavy atom. The number of carbonyl (C=O) groups is 3. The van der Waals surface area contributed by atoms with Crippen LogP contribution in [0.1, 0.15) is 53.6 Å². The quantitative estimate of drug-likeness (QED) is 0.342. The summed E-state index contributed by atoms with van der Waals surface area (Å²) in [4.78, 5) is 38.4. The summed E-state index contributed by atoms with van der Waals surface area (Å²) >= 11 is 0. The number of aryl methyl sites for hydroxylation is 1. The summed E-state index contributed by atoms with van der Waals surface area (Å²) in [5.74, 6) is -0.269. The number of benzene rings is 1. The Morgan fingerprint density at radius 3 is 2.31 bits per heavy atom. The molecule has 1 fully saturated rings. The maximum Gasteiger partial charge on any atom is 0.255 e. The Kier molecular flexibility index (Phi) is 9.80. The molecular formula is C24H34N2O6. The van der Waals surface area contributed by atoms with Crippen LogP contribution in [-0.4, -0.2) is 74.6 Å². The van der Waals surface area contributed by atoms with Crippen molar-refractivity contribution in [2.24, 2.45) is 5.73 Å². The molecule has 1 aromatic carbocycles. The predicted molar refractivity (Wildman–Crippen MR) is 118 cm³/mol. The van der Waals surface area contributed by atoms with E-state index in [1.165, 1.54) is 0 Å². The van der Waals surface area contributed by atoms with Gasteiger partial charge in [-0.1, -0.05) is 12.1 Å². The van der Waals surface area contributed by atoms with Gasteiger partial charge in [0.15, 0.2) is 5.78 Å². The number of nitrogens with two attached hydrogens (primary N) is 1. The van der Waals surface area contributed by atoms with Crippen molar-refractivity contribution in [3.05, 3.63) is 34.9 Å². The molecule has 3 rings (SSSR count). The van der Waals surface area contributed by atoms with E-state index in [0.29, 0.717) is 71.1 Å². The minimum atomic E-state index is -0.477. The van der Waals surface area contributed by atoms with Gasteiger partial charge in [0.1, 0.15) is 5.78 Å². The van der Waals surface area contributed by atoms with Gasteiger partial charge in [-0.3, -0.25) is 14.4 Å². The summed E-state index contributed by atoms with van der Waals surface area (Å²) in [5, 5.41) is 0. The molecule has 1 aliphatic carbocycles. The number of ether oxygens (including phenoxy) is 3. The van der Waals surface area contributed by atoms with Gasteiger partial charge in [-0.05, 0) is 49.4 Å². The second-order valence-electron chi connectivity index (χ2n) is 8.20. The standard InChI is InChI=1S/C24H34N2O6/c25-9-3-11-31-13-15-32-14-12-30-10-2-5-18-4-1-6-20-21(18)17-26(24(20)29)22-8-7-19(27)16-23(22)28/h1,4,6,22H,2-3,5,7-17,25H2. The van der Waals surface area contributed by atoms with Gasteiger partial charge in [-0.25, -0.2) is 0 Å². The summed E-state index contributed by atoms with van der Waals surface area (Å²) in [6.45, 7) is 4.53. The molecule has 32 heavy (non-hydrogen) atoms. The van der Waals surface area contributed by atoms with Gasteiger partial charge in [0, 0.05) is 31.7 Å². The van der Waals surface area contributed by atoms with E-state index in [-0.39, 0.29) is 23.9 Å². The first-order valence-corrected chi connectivity index (χ1v) is 11.5. The van der Waals surface area contributed by atoms with Crippen molar-refractivity contribution in [2.75, 3.05) is 46.2 Å². The number of nitrogens with zero attached hydrogens (tertiary/aromatic N) is 1. The molecule has 1 aliphatic heterocycles. The van der Waals surface area contributed by atoms with E-state index in [4.69, 9.17) is 19.9 Å². The Labute approximate surface area is 189 Å². The van der Waals surface area contributed by atoms with Crippen LogP contribution >= 0.6 is 0 Å². The number of hydrogen-bond acceptors (Lipinski definition) is 7. The Balaban J connectivity index is 1.37. The third-order valence-electron chi connectivity index (χ3n) is 5.88. The molecule has 0 radical (unpaired) electrons. The van der Waals surface area contributed by atoms with Gasteiger partial charge in [0.2, 0.25) is 0 Å². The molecule has 0 aromatic heterocycles. The Morgan fingerprint density at radius 2 is 1.62 bits per heavy atom. The van der Waals surface area contributed by atoms with E-state index in [2.05, 4.69) is 0 Å². The molecule has 8 nitrogen and oxygen atoms in total. The molecule has 176 valence electrons. The molecule has 2 N–H and O–H groups in total. The zero-order valence-electron chi connectivity index (χ0n) is 18.7. The van der Waals surface area contributed by atoms with Crippen molar-refractivity contribution in [3.63, 3.8) is 0 Å². The van der Waals surface area contributed by atoms with Crippen molar-refractivity contribution < 1.29 is 28.6 Å². The maximum atomic E-state index is 12.9. The van der Waals surface area contributed by atoms with Crippen LogP contribution in [-0.2, 0) is 36.8 Å². The Hall–Kier alpha value is -2.13. The van der Waals surface area contributed by atoms with E-state index >= 15 is 0 Å². The highest BCUT2D eigenvalue weighted by Gasteiger charge is 2.39. The molecule has 1 amide bonds. The summed E-state index contributed by atoms with van der Waals surface area (Å²) in [7, 11) is 0. The van der Waals surface area contributed by atoms with E-state index in [0.717, 1.165) is 30.4 Å². The lowest BCUT2D eigenvalue weighted by Crippen LogP contribution is -2.44. The number of Topliss-reactive ketones (excluding diaryl/α,β-unsaturated/α-hetero) is 2. The smallest absolute Gasteiger partial charge is 0.255 e. The highest BCUT2D eigenvalue weighted by molar-refractivity contribution is 6.07. The fourth-order valence-electron chi connectivity index (χ4n) is 4.19. The lowest BCUT2D eigenvalue weighted by atomic mass is 9.92. The highest BCUT2D eigenvalue weighted by Crippen LogP contribution is 2.31. The molecule has 1 aromatic rings. The van der Waals surface area contributed by atoms with Gasteiger partial charge >= 0.3 is 0 Å². The van der Waals surface area contributed by atoms with E-state index < -0.39 is 6.04 Å². The van der Waals surface area contributed by atoms with Crippen molar-refractivity contribution in [1.29, 1.82) is 0 Å². The molecule has 1 saturated carbocycles. The third kappa shape index (κ3) is 6.68. The number of hydrogen-bond donors (Lipinski definition) is 1. The summed E-state index contributed by atoms with van der Waals surface area (Å²) in [6, 6.07) is 5.28.